The number of nitrogens with one attached hydrogen (secondary N) is 1. The van der Waals surface area contributed by atoms with E-state index in [1.807, 2.05) is 32.6 Å². The number of hydrogen-bond donors (Lipinski definition) is 3. The van der Waals surface area contributed by atoms with Gasteiger partial charge in [0, 0.05) is 43.4 Å². The van der Waals surface area contributed by atoms with Crippen molar-refractivity contribution in [3.63, 3.8) is 0 Å². The van der Waals surface area contributed by atoms with Gasteiger partial charge >= 0.3 is 5.97 Å². The average Bonchev–Trinajstić information content (AvgIpc) is 3.42. The number of amides is 1. The van der Waals surface area contributed by atoms with E-state index < -0.39 is 0 Å². The van der Waals surface area contributed by atoms with E-state index in [0.29, 0.717) is 31.2 Å². The third-order valence-corrected chi connectivity index (χ3v) is 14.7. The van der Waals surface area contributed by atoms with E-state index in [4.69, 9.17) is 16.2 Å². The zero-order valence-corrected chi connectivity index (χ0v) is 39.7. The van der Waals surface area contributed by atoms with E-state index in [1.54, 1.807) is 5.57 Å². The summed E-state index contributed by atoms with van der Waals surface area (Å²) in [5, 5.41) is 3.47. The molecule has 0 aliphatic heterocycles. The quantitative estimate of drug-likeness (QED) is 0.0603. The molecular formula is C46H87Cl3N4O3. The predicted molar refractivity (Wildman–Crippen MR) is 243 cm³/mol. The van der Waals surface area contributed by atoms with Crippen LogP contribution < -0.4 is 16.8 Å². The summed E-state index contributed by atoms with van der Waals surface area (Å²) in [5.41, 5.74) is 14.2. The number of hydrogen-bond acceptors (Lipinski definition) is 6. The number of nitrogens with two attached hydrogens (primary N) is 2. The molecule has 0 aromatic heterocycles. The Hall–Kier alpha value is -0.570. The van der Waals surface area contributed by atoms with Crippen molar-refractivity contribution in [1.82, 2.24) is 10.2 Å². The Morgan fingerprint density at radius 2 is 1.54 bits per heavy atom. The molecule has 4 rings (SSSR count). The zero-order chi connectivity index (χ0) is 39.0. The first-order valence-electron chi connectivity index (χ1n) is 22.3. The monoisotopic (exact) mass is 849 g/mol. The molecule has 0 aromatic rings. The molecule has 5 N–H and O–H groups in total. The van der Waals surface area contributed by atoms with Crippen molar-refractivity contribution in [3.05, 3.63) is 11.6 Å². The number of allylic oxidation sites excluding steroid dienone is 1. The van der Waals surface area contributed by atoms with Crippen molar-refractivity contribution < 1.29 is 14.3 Å². The second-order valence-electron chi connectivity index (χ2n) is 20.8. The van der Waals surface area contributed by atoms with Crippen LogP contribution in [0.3, 0.4) is 0 Å². The summed E-state index contributed by atoms with van der Waals surface area (Å²) in [6, 6.07) is 0. The molecule has 4 aliphatic rings. The Balaban J connectivity index is 0.00000523. The molecule has 4 aliphatic carbocycles. The lowest BCUT2D eigenvalue weighted by Crippen LogP contribution is -2.51. The summed E-state index contributed by atoms with van der Waals surface area (Å²) in [7, 11) is 0. The van der Waals surface area contributed by atoms with Crippen LogP contribution >= 0.6 is 37.2 Å². The molecule has 0 aromatic carbocycles. The van der Waals surface area contributed by atoms with Crippen LogP contribution in [0.1, 0.15) is 178 Å². The molecule has 0 radical (unpaired) electrons. The number of fused-ring (bicyclic) bond motifs is 5. The van der Waals surface area contributed by atoms with Crippen LogP contribution in [-0.2, 0) is 14.3 Å². The molecule has 7 nitrogen and oxygen atoms in total. The third kappa shape index (κ3) is 15.2. The molecule has 330 valence electrons. The summed E-state index contributed by atoms with van der Waals surface area (Å²) in [6.07, 6.45) is 21.4. The third-order valence-electron chi connectivity index (χ3n) is 14.7. The highest BCUT2D eigenvalue weighted by molar-refractivity contribution is 5.86. The zero-order valence-electron chi connectivity index (χ0n) is 37.2. The van der Waals surface area contributed by atoms with Crippen molar-refractivity contribution in [1.29, 1.82) is 0 Å². The highest BCUT2D eigenvalue weighted by Gasteiger charge is 2.59. The number of esters is 1. The van der Waals surface area contributed by atoms with Gasteiger partial charge in [0.05, 0.1) is 0 Å². The van der Waals surface area contributed by atoms with Gasteiger partial charge in [-0.25, -0.2) is 0 Å². The molecular weight excluding hydrogens is 763 g/mol. The summed E-state index contributed by atoms with van der Waals surface area (Å²) >= 11 is 0. The van der Waals surface area contributed by atoms with Gasteiger partial charge in [-0.3, -0.25) is 9.59 Å². The number of carbonyl (C=O) groups excluding carboxylic acids is 2. The number of carbonyl (C=O) groups is 2. The minimum Gasteiger partial charge on any atom is -0.462 e. The van der Waals surface area contributed by atoms with Crippen LogP contribution in [0.5, 0.6) is 0 Å². The van der Waals surface area contributed by atoms with Gasteiger partial charge in [-0.05, 0) is 164 Å². The van der Waals surface area contributed by atoms with Gasteiger partial charge < -0.3 is 26.4 Å². The Kier molecular flexibility index (Phi) is 22.4. The predicted octanol–water partition coefficient (Wildman–Crippen LogP) is 10.8. The maximum Gasteiger partial charge on any atom is 0.306 e. The van der Waals surface area contributed by atoms with Crippen LogP contribution in [0.2, 0.25) is 0 Å². The normalized spacial score (nSPS) is 29.0. The molecule has 0 heterocycles. The van der Waals surface area contributed by atoms with E-state index in [2.05, 4.69) is 46.0 Å². The fourth-order valence-corrected chi connectivity index (χ4v) is 11.4. The highest BCUT2D eigenvalue weighted by atomic mass is 35.5. The van der Waals surface area contributed by atoms with Crippen molar-refractivity contribution in [2.45, 2.75) is 195 Å². The minimum atomic E-state index is -0.327. The lowest BCUT2D eigenvalue weighted by atomic mass is 9.47. The van der Waals surface area contributed by atoms with E-state index in [-0.39, 0.29) is 71.7 Å². The number of halogens is 3. The number of unbranched alkanes of at least 4 members (excludes halogenated alkanes) is 1. The molecule has 10 heteroatoms. The van der Waals surface area contributed by atoms with Crippen molar-refractivity contribution in [2.75, 3.05) is 26.2 Å². The first-order valence-corrected chi connectivity index (χ1v) is 22.3. The van der Waals surface area contributed by atoms with Gasteiger partial charge in [-0.1, -0.05) is 65.5 Å². The smallest absolute Gasteiger partial charge is 0.306 e. The fraction of sp³-hybridized carbons (Fsp3) is 0.913. The minimum absolute atomic E-state index is 0. The van der Waals surface area contributed by atoms with Gasteiger partial charge in [0.1, 0.15) is 6.10 Å². The second kappa shape index (κ2) is 23.4. The molecule has 0 spiro atoms. The molecule has 0 saturated heterocycles. The molecule has 8 atom stereocenters. The van der Waals surface area contributed by atoms with Crippen molar-refractivity contribution in [3.8, 4) is 0 Å². The van der Waals surface area contributed by atoms with Crippen LogP contribution in [0.15, 0.2) is 11.6 Å². The Labute approximate surface area is 362 Å². The molecule has 3 saturated carbocycles. The standard InChI is InChI=1S/C46H84N4O3.3ClH/c1-33(2)14-12-15-34(3)38-20-21-39-37-19-18-35-32-36(22-24-45(35,8)40(37)23-25-46(38,39)9)53-42(52)17-13-16-41(51)50(31-27-44(6,7)48)30-11-10-28-49-29-26-43(4,5)47;;;/h18,33-34,36-40,49H,10-17,19-32,47-48H2,1-9H3;3*1H/t34?,36-,37-,38+,39-,40-,45-,46+;;;/m0.../s1. The Bertz CT molecular complexity index is 1220. The second-order valence-corrected chi connectivity index (χ2v) is 20.8. The van der Waals surface area contributed by atoms with Gasteiger partial charge in [0.15, 0.2) is 0 Å². The SMILES string of the molecule is CC(C)CCCC(C)[C@H]1CC[C@H]2[C@@H]3CC=C4C[C@@H](OC(=O)CCCC(=O)N(CCCCNCCC(C)(C)N)CCC(C)(C)N)CC[C@]4(C)[C@H]3CC[C@]12C.Cl.Cl.Cl. The van der Waals surface area contributed by atoms with Crippen LogP contribution in [0.4, 0.5) is 0 Å². The fourth-order valence-electron chi connectivity index (χ4n) is 11.4. The summed E-state index contributed by atoms with van der Waals surface area (Å²) in [6.45, 7) is 23.8. The van der Waals surface area contributed by atoms with Crippen LogP contribution in [-0.4, -0.2) is 60.1 Å². The van der Waals surface area contributed by atoms with E-state index in [0.717, 1.165) is 100 Å². The molecule has 3 fully saturated rings. The molecule has 0 bridgehead atoms. The highest BCUT2D eigenvalue weighted by Crippen LogP contribution is 2.67. The lowest BCUT2D eigenvalue weighted by molar-refractivity contribution is -0.151. The summed E-state index contributed by atoms with van der Waals surface area (Å²) in [5.74, 6) is 4.96. The van der Waals surface area contributed by atoms with Gasteiger partial charge in [0.25, 0.3) is 0 Å². The first kappa shape index (κ1) is 53.4. The van der Waals surface area contributed by atoms with Crippen LogP contribution in [0, 0.1) is 46.3 Å². The number of rotatable bonds is 21. The first-order chi connectivity index (χ1) is 24.8. The number of nitrogens with zero attached hydrogens (tertiary/aromatic N) is 1. The number of ether oxygens (including phenoxy) is 1. The Morgan fingerprint density at radius 3 is 2.20 bits per heavy atom. The van der Waals surface area contributed by atoms with Gasteiger partial charge in [-0.2, -0.15) is 0 Å². The Morgan fingerprint density at radius 1 is 0.839 bits per heavy atom. The van der Waals surface area contributed by atoms with E-state index in [1.165, 1.54) is 51.4 Å². The largest absolute Gasteiger partial charge is 0.462 e. The average molecular weight is 851 g/mol. The van der Waals surface area contributed by atoms with E-state index in [9.17, 15) is 9.59 Å². The van der Waals surface area contributed by atoms with Crippen molar-refractivity contribution in [2.24, 2.45) is 57.8 Å². The summed E-state index contributed by atoms with van der Waals surface area (Å²) < 4.78 is 6.13. The van der Waals surface area contributed by atoms with E-state index >= 15 is 0 Å². The summed E-state index contributed by atoms with van der Waals surface area (Å²) in [4.78, 5) is 28.4. The molecule has 1 amide bonds. The van der Waals surface area contributed by atoms with Crippen LogP contribution in [0.25, 0.3) is 0 Å². The molecule has 1 unspecified atom stereocenters. The topological polar surface area (TPSA) is 111 Å². The lowest BCUT2D eigenvalue weighted by Gasteiger charge is -2.58. The van der Waals surface area contributed by atoms with Gasteiger partial charge in [0.2, 0.25) is 5.91 Å². The van der Waals surface area contributed by atoms with Gasteiger partial charge in [-0.15, -0.1) is 37.2 Å². The molecule has 56 heavy (non-hydrogen) atoms. The maximum atomic E-state index is 13.3. The maximum absolute atomic E-state index is 13.3. The van der Waals surface area contributed by atoms with Crippen molar-refractivity contribution >= 4 is 49.1 Å².